The highest BCUT2D eigenvalue weighted by molar-refractivity contribution is 6.29. The standard InChI is InChI=1S/C12H20ClN3/c1-8(2)5-12-15-10(13)6-11(16-12)14-7-9(3)4/h6,8-9H,5,7H2,1-4H3,(H,14,15,16). The zero-order valence-corrected chi connectivity index (χ0v) is 11.2. The quantitative estimate of drug-likeness (QED) is 0.803. The molecule has 16 heavy (non-hydrogen) atoms. The van der Waals surface area contributed by atoms with E-state index in [0.717, 1.165) is 24.6 Å². The summed E-state index contributed by atoms with van der Waals surface area (Å²) in [6.07, 6.45) is 0.858. The predicted molar refractivity (Wildman–Crippen MR) is 68.9 cm³/mol. The monoisotopic (exact) mass is 241 g/mol. The molecule has 1 N–H and O–H groups in total. The number of hydrogen-bond acceptors (Lipinski definition) is 3. The van der Waals surface area contributed by atoms with Crippen LogP contribution in [0.1, 0.15) is 33.5 Å². The molecule has 0 radical (unpaired) electrons. The summed E-state index contributed by atoms with van der Waals surface area (Å²) in [6, 6.07) is 1.77. The van der Waals surface area contributed by atoms with Crippen molar-refractivity contribution < 1.29 is 0 Å². The van der Waals surface area contributed by atoms with Crippen molar-refractivity contribution in [2.45, 2.75) is 34.1 Å². The van der Waals surface area contributed by atoms with Crippen molar-refractivity contribution in [3.63, 3.8) is 0 Å². The third-order valence-electron chi connectivity index (χ3n) is 2.02. The van der Waals surface area contributed by atoms with Crippen LogP contribution in [-0.4, -0.2) is 16.5 Å². The molecule has 4 heteroatoms. The zero-order valence-electron chi connectivity index (χ0n) is 10.4. The summed E-state index contributed by atoms with van der Waals surface area (Å²) in [7, 11) is 0. The first-order chi connectivity index (χ1) is 7.47. The first kappa shape index (κ1) is 13.2. The minimum Gasteiger partial charge on any atom is -0.370 e. The third kappa shape index (κ3) is 4.79. The van der Waals surface area contributed by atoms with Crippen LogP contribution in [0, 0.1) is 11.8 Å². The van der Waals surface area contributed by atoms with Crippen LogP contribution < -0.4 is 5.32 Å². The highest BCUT2D eigenvalue weighted by atomic mass is 35.5. The fourth-order valence-corrected chi connectivity index (χ4v) is 1.52. The Balaban J connectivity index is 2.73. The molecule has 0 saturated carbocycles. The predicted octanol–water partition coefficient (Wildman–Crippen LogP) is 3.40. The molecule has 0 aromatic carbocycles. The molecule has 0 amide bonds. The SMILES string of the molecule is CC(C)CNc1cc(Cl)nc(CC(C)C)n1. The Morgan fingerprint density at radius 1 is 1.19 bits per heavy atom. The van der Waals surface area contributed by atoms with Gasteiger partial charge in [0.25, 0.3) is 0 Å². The largest absolute Gasteiger partial charge is 0.370 e. The highest BCUT2D eigenvalue weighted by Gasteiger charge is 2.05. The fraction of sp³-hybridized carbons (Fsp3) is 0.667. The number of aromatic nitrogens is 2. The molecule has 0 aliphatic carbocycles. The van der Waals surface area contributed by atoms with Gasteiger partial charge in [-0.15, -0.1) is 0 Å². The second kappa shape index (κ2) is 6.04. The van der Waals surface area contributed by atoms with E-state index in [-0.39, 0.29) is 0 Å². The van der Waals surface area contributed by atoms with E-state index in [4.69, 9.17) is 11.6 Å². The molecule has 1 heterocycles. The number of hydrogen-bond donors (Lipinski definition) is 1. The summed E-state index contributed by atoms with van der Waals surface area (Å²) in [5, 5.41) is 3.77. The first-order valence-electron chi connectivity index (χ1n) is 5.74. The van der Waals surface area contributed by atoms with Crippen molar-refractivity contribution in [3.05, 3.63) is 17.0 Å². The summed E-state index contributed by atoms with van der Waals surface area (Å²) in [6.45, 7) is 9.50. The van der Waals surface area contributed by atoms with Gasteiger partial charge in [0.05, 0.1) is 0 Å². The molecule has 1 aromatic rings. The Hall–Kier alpha value is -0.830. The second-order valence-electron chi connectivity index (χ2n) is 4.86. The second-order valence-corrected chi connectivity index (χ2v) is 5.25. The third-order valence-corrected chi connectivity index (χ3v) is 2.22. The van der Waals surface area contributed by atoms with Gasteiger partial charge in [0.1, 0.15) is 16.8 Å². The normalized spacial score (nSPS) is 11.2. The lowest BCUT2D eigenvalue weighted by Gasteiger charge is -2.10. The van der Waals surface area contributed by atoms with E-state index in [1.54, 1.807) is 6.07 Å². The van der Waals surface area contributed by atoms with Gasteiger partial charge < -0.3 is 5.32 Å². The number of nitrogens with one attached hydrogen (secondary N) is 1. The first-order valence-corrected chi connectivity index (χ1v) is 6.12. The lowest BCUT2D eigenvalue weighted by Crippen LogP contribution is -2.11. The number of rotatable bonds is 5. The molecule has 3 nitrogen and oxygen atoms in total. The van der Waals surface area contributed by atoms with Crippen molar-refractivity contribution >= 4 is 17.4 Å². The van der Waals surface area contributed by atoms with E-state index < -0.39 is 0 Å². The van der Waals surface area contributed by atoms with Crippen molar-refractivity contribution in [3.8, 4) is 0 Å². The van der Waals surface area contributed by atoms with E-state index in [1.165, 1.54) is 0 Å². The molecule has 0 fully saturated rings. The maximum absolute atomic E-state index is 5.96. The van der Waals surface area contributed by atoms with Crippen LogP contribution in [0.5, 0.6) is 0 Å². The molecule has 1 aromatic heterocycles. The molecular weight excluding hydrogens is 222 g/mol. The lowest BCUT2D eigenvalue weighted by molar-refractivity contribution is 0.620. The van der Waals surface area contributed by atoms with Gasteiger partial charge in [0.2, 0.25) is 0 Å². The molecule has 0 aliphatic rings. The zero-order chi connectivity index (χ0) is 12.1. The van der Waals surface area contributed by atoms with Crippen LogP contribution >= 0.6 is 11.6 Å². The summed E-state index contributed by atoms with van der Waals surface area (Å²) in [5.41, 5.74) is 0. The molecule has 0 aliphatic heterocycles. The van der Waals surface area contributed by atoms with E-state index in [0.29, 0.717) is 17.0 Å². The minimum absolute atomic E-state index is 0.511. The molecule has 0 spiro atoms. The molecule has 90 valence electrons. The van der Waals surface area contributed by atoms with Crippen LogP contribution in [0.2, 0.25) is 5.15 Å². The maximum atomic E-state index is 5.96. The average molecular weight is 242 g/mol. The summed E-state index contributed by atoms with van der Waals surface area (Å²) < 4.78 is 0. The smallest absolute Gasteiger partial charge is 0.134 e. The molecular formula is C12H20ClN3. The van der Waals surface area contributed by atoms with Crippen molar-refractivity contribution in [2.75, 3.05) is 11.9 Å². The maximum Gasteiger partial charge on any atom is 0.134 e. The topological polar surface area (TPSA) is 37.8 Å². The van der Waals surface area contributed by atoms with Crippen LogP contribution in [0.25, 0.3) is 0 Å². The van der Waals surface area contributed by atoms with Crippen molar-refractivity contribution in [2.24, 2.45) is 11.8 Å². The van der Waals surface area contributed by atoms with Gasteiger partial charge in [-0.3, -0.25) is 0 Å². The molecule has 0 atom stereocenters. The van der Waals surface area contributed by atoms with Gasteiger partial charge in [-0.05, 0) is 11.8 Å². The minimum atomic E-state index is 0.511. The fourth-order valence-electron chi connectivity index (χ4n) is 1.32. The average Bonchev–Trinajstić information content (AvgIpc) is 2.12. The van der Waals surface area contributed by atoms with Gasteiger partial charge in [-0.1, -0.05) is 39.3 Å². The van der Waals surface area contributed by atoms with Gasteiger partial charge in [0.15, 0.2) is 0 Å². The van der Waals surface area contributed by atoms with E-state index >= 15 is 0 Å². The Bertz CT molecular complexity index is 337. The van der Waals surface area contributed by atoms with Crippen LogP contribution in [0.4, 0.5) is 5.82 Å². The molecule has 0 unspecified atom stereocenters. The molecule has 0 saturated heterocycles. The Labute approximate surface area is 103 Å². The van der Waals surface area contributed by atoms with E-state index in [9.17, 15) is 0 Å². The van der Waals surface area contributed by atoms with E-state index in [2.05, 4.69) is 43.0 Å². The van der Waals surface area contributed by atoms with Crippen LogP contribution in [0.3, 0.4) is 0 Å². The summed E-state index contributed by atoms with van der Waals surface area (Å²) in [5.74, 6) is 2.76. The van der Waals surface area contributed by atoms with Gasteiger partial charge in [0, 0.05) is 19.0 Å². The number of nitrogens with zero attached hydrogens (tertiary/aromatic N) is 2. The Morgan fingerprint density at radius 2 is 1.88 bits per heavy atom. The molecule has 1 rings (SSSR count). The number of anilines is 1. The number of halogens is 1. The van der Waals surface area contributed by atoms with Gasteiger partial charge in [-0.25, -0.2) is 9.97 Å². The summed E-state index contributed by atoms with van der Waals surface area (Å²) >= 11 is 5.96. The molecule has 0 bridgehead atoms. The van der Waals surface area contributed by atoms with Gasteiger partial charge in [-0.2, -0.15) is 0 Å². The Morgan fingerprint density at radius 3 is 2.44 bits per heavy atom. The van der Waals surface area contributed by atoms with Crippen molar-refractivity contribution in [1.82, 2.24) is 9.97 Å². The van der Waals surface area contributed by atoms with Crippen LogP contribution in [-0.2, 0) is 6.42 Å². The Kier molecular flexibility index (Phi) is 5.00. The summed E-state index contributed by atoms with van der Waals surface area (Å²) in [4.78, 5) is 8.65. The lowest BCUT2D eigenvalue weighted by atomic mass is 10.1. The van der Waals surface area contributed by atoms with Crippen molar-refractivity contribution in [1.29, 1.82) is 0 Å². The van der Waals surface area contributed by atoms with E-state index in [1.807, 2.05) is 0 Å². The highest BCUT2D eigenvalue weighted by Crippen LogP contribution is 2.14. The van der Waals surface area contributed by atoms with Gasteiger partial charge >= 0.3 is 0 Å². The van der Waals surface area contributed by atoms with Crippen LogP contribution in [0.15, 0.2) is 6.07 Å².